The average Bonchev–Trinajstić information content (AvgIpc) is 2.64. The van der Waals surface area contributed by atoms with Gasteiger partial charge in [0.25, 0.3) is 0 Å². The molecule has 0 saturated heterocycles. The van der Waals surface area contributed by atoms with E-state index in [2.05, 4.69) is 78.0 Å². The van der Waals surface area contributed by atoms with E-state index in [1.54, 1.807) is 0 Å². The van der Waals surface area contributed by atoms with Crippen molar-refractivity contribution in [3.63, 3.8) is 0 Å². The number of fused-ring (bicyclic) bond motifs is 3. The van der Waals surface area contributed by atoms with Gasteiger partial charge in [0.2, 0.25) is 0 Å². The third-order valence-corrected chi connectivity index (χ3v) is 6.89. The van der Waals surface area contributed by atoms with E-state index >= 15 is 0 Å². The van der Waals surface area contributed by atoms with Gasteiger partial charge in [-0.15, -0.1) is 12.4 Å². The maximum Gasteiger partial charge on any atom is -0.147 e. The maximum absolute atomic E-state index is 4.92. The first kappa shape index (κ1) is 22.5. The molecule has 146 valence electrons. The fourth-order valence-corrected chi connectivity index (χ4v) is 4.80. The zero-order valence-electron chi connectivity index (χ0n) is 15.6. The van der Waals surface area contributed by atoms with Crippen molar-refractivity contribution in [1.29, 1.82) is 0 Å². The van der Waals surface area contributed by atoms with Crippen LogP contribution in [0.3, 0.4) is 0 Å². The van der Waals surface area contributed by atoms with Crippen LogP contribution in [-0.4, -0.2) is 9.97 Å². The van der Waals surface area contributed by atoms with Crippen molar-refractivity contribution in [2.45, 2.75) is 13.8 Å². The molecule has 0 aliphatic rings. The van der Waals surface area contributed by atoms with Gasteiger partial charge in [0, 0.05) is 0 Å². The monoisotopic (exact) mass is 497 g/mol. The largest absolute Gasteiger partial charge is 0.344 e. The van der Waals surface area contributed by atoms with Crippen LogP contribution in [0.15, 0.2) is 65.6 Å². The first-order chi connectivity index (χ1) is 12.5. The van der Waals surface area contributed by atoms with Gasteiger partial charge in [-0.1, -0.05) is 0 Å². The number of aryl methyl sites for hydroxylation is 2. The number of pyridine rings is 2. The van der Waals surface area contributed by atoms with E-state index in [-0.39, 0.29) is 18.6 Å². The molecule has 4 aromatic rings. The average molecular weight is 499 g/mol. The van der Waals surface area contributed by atoms with E-state index in [9.17, 15) is 0 Å². The molecule has 0 atom stereocenters. The molecule has 3 nitrogen and oxygen atoms in total. The van der Waals surface area contributed by atoms with E-state index in [1.807, 2.05) is 13.0 Å². The summed E-state index contributed by atoms with van der Waals surface area (Å²) in [5, 5.41) is 2.21. The Kier molecular flexibility index (Phi) is 7.38. The minimum absolute atomic E-state index is 0. The molecule has 0 unspecified atom stereocenters. The third-order valence-electron chi connectivity index (χ3n) is 4.25. The van der Waals surface area contributed by atoms with Crippen molar-refractivity contribution in [2.24, 2.45) is 0 Å². The van der Waals surface area contributed by atoms with Crippen molar-refractivity contribution < 1.29 is 15.0 Å². The SMILES string of the molecule is C=[C]([Fe][c]1c(C)cccc1Br)c1ccc2ccc3ccc(C)nc3c2n1.Cl.N. The van der Waals surface area contributed by atoms with Crippen LogP contribution in [0.25, 0.3) is 26.3 Å². The van der Waals surface area contributed by atoms with E-state index in [0.29, 0.717) is 0 Å². The number of nitrogens with zero attached hydrogens (tertiary/aromatic N) is 2. The van der Waals surface area contributed by atoms with Gasteiger partial charge in [0.05, 0.1) is 0 Å². The van der Waals surface area contributed by atoms with E-state index < -0.39 is 0 Å². The van der Waals surface area contributed by atoms with Crippen LogP contribution in [0.5, 0.6) is 0 Å². The van der Waals surface area contributed by atoms with Crippen LogP contribution in [0, 0.1) is 13.8 Å². The van der Waals surface area contributed by atoms with Crippen molar-refractivity contribution in [2.75, 3.05) is 0 Å². The van der Waals surface area contributed by atoms with Crippen LogP contribution in [-0.2, 0) is 15.0 Å². The predicted molar refractivity (Wildman–Crippen MR) is 122 cm³/mol. The van der Waals surface area contributed by atoms with Crippen LogP contribution in [0.2, 0.25) is 0 Å². The normalized spacial score (nSPS) is 10.5. The Hall–Kier alpha value is -1.75. The van der Waals surface area contributed by atoms with Crippen LogP contribution in [0.4, 0.5) is 0 Å². The van der Waals surface area contributed by atoms with Gasteiger partial charge < -0.3 is 6.15 Å². The number of halogens is 2. The molecule has 0 amide bonds. The molecule has 2 aromatic heterocycles. The molecule has 6 heteroatoms. The van der Waals surface area contributed by atoms with Crippen molar-refractivity contribution in [3.05, 3.63) is 82.6 Å². The zero-order chi connectivity index (χ0) is 18.3. The van der Waals surface area contributed by atoms with Crippen molar-refractivity contribution in [3.8, 4) is 0 Å². The second-order valence-corrected chi connectivity index (χ2v) is 8.54. The Morgan fingerprint density at radius 2 is 1.50 bits per heavy atom. The second-order valence-electron chi connectivity index (χ2n) is 6.20. The predicted octanol–water partition coefficient (Wildman–Crippen LogP) is 6.12. The Labute approximate surface area is 185 Å². The molecule has 0 bridgehead atoms. The van der Waals surface area contributed by atoms with Crippen LogP contribution < -0.4 is 10.6 Å². The molecular weight excluding hydrogens is 477 g/mol. The minimum atomic E-state index is 0. The standard InChI is InChI=1S/C15H11N2.C7H6Br.ClH.Fe.H3N/c1-3-13-9-8-12-7-6-11-5-4-10(2)16-14(11)15(12)17-13;1-6-3-2-4-7(8)5-6;;;/h4-9H,1H2,2H3;2-4H,1H3;1H;;1H3. The second kappa shape index (κ2) is 9.17. The molecule has 0 aliphatic carbocycles. The van der Waals surface area contributed by atoms with Crippen LogP contribution in [0.1, 0.15) is 17.0 Å². The van der Waals surface area contributed by atoms with E-state index in [4.69, 9.17) is 9.97 Å². The molecule has 0 spiro atoms. The fraction of sp³-hybridized carbons (Fsp3) is 0.0909. The van der Waals surface area contributed by atoms with Gasteiger partial charge in [-0.2, -0.15) is 0 Å². The Morgan fingerprint density at radius 3 is 2.18 bits per heavy atom. The number of rotatable bonds is 3. The fourth-order valence-electron chi connectivity index (χ4n) is 2.88. The van der Waals surface area contributed by atoms with Gasteiger partial charge in [-0.05, 0) is 0 Å². The summed E-state index contributed by atoms with van der Waals surface area (Å²) in [5.74, 6) is 0. The number of benzene rings is 2. The number of aromatic nitrogens is 2. The van der Waals surface area contributed by atoms with Gasteiger partial charge in [-0.25, -0.2) is 0 Å². The Balaban J connectivity index is 0.00000140. The summed E-state index contributed by atoms with van der Waals surface area (Å²) in [4.78, 5) is 9.64. The van der Waals surface area contributed by atoms with Gasteiger partial charge in [0.1, 0.15) is 0 Å². The molecule has 0 radical (unpaired) electrons. The minimum Gasteiger partial charge on any atom is -0.344 e. The van der Waals surface area contributed by atoms with E-state index in [1.165, 1.54) is 10.0 Å². The zero-order valence-corrected chi connectivity index (χ0v) is 19.2. The summed E-state index contributed by atoms with van der Waals surface area (Å²) >= 11 is 4.42. The Bertz CT molecular complexity index is 1160. The molecule has 2 aromatic carbocycles. The Morgan fingerprint density at radius 1 is 0.893 bits per heavy atom. The van der Waals surface area contributed by atoms with Gasteiger partial charge in [-0.3, -0.25) is 0 Å². The number of hydrogen-bond donors (Lipinski definition) is 1. The summed E-state index contributed by atoms with van der Waals surface area (Å²) < 4.78 is 3.38. The summed E-state index contributed by atoms with van der Waals surface area (Å²) in [7, 11) is 0. The number of hydrogen-bond acceptors (Lipinski definition) is 3. The van der Waals surface area contributed by atoms with Gasteiger partial charge in [0.15, 0.2) is 0 Å². The summed E-state index contributed by atoms with van der Waals surface area (Å²) in [5.41, 5.74) is 5.07. The molecule has 0 saturated carbocycles. The molecular formula is C22H21BrClFeN3. The van der Waals surface area contributed by atoms with Crippen molar-refractivity contribution in [1.82, 2.24) is 16.1 Å². The van der Waals surface area contributed by atoms with Crippen molar-refractivity contribution >= 4 is 59.1 Å². The quantitative estimate of drug-likeness (QED) is 0.273. The van der Waals surface area contributed by atoms with E-state index in [0.717, 1.165) is 57.1 Å². The van der Waals surface area contributed by atoms with Crippen LogP contribution >= 0.6 is 28.3 Å². The first-order valence-corrected chi connectivity index (χ1v) is 10.2. The molecule has 4 rings (SSSR count). The molecule has 3 N–H and O–H groups in total. The smallest absolute Gasteiger partial charge is 0.147 e. The van der Waals surface area contributed by atoms with Gasteiger partial charge >= 0.3 is 168 Å². The summed E-state index contributed by atoms with van der Waals surface area (Å²) in [6.45, 7) is 8.44. The molecule has 0 fully saturated rings. The summed E-state index contributed by atoms with van der Waals surface area (Å²) in [6.07, 6.45) is 0. The molecule has 2 heterocycles. The topological polar surface area (TPSA) is 60.8 Å². The molecule has 0 aliphatic heterocycles. The summed E-state index contributed by atoms with van der Waals surface area (Å²) in [6, 6.07) is 18.8. The first-order valence-electron chi connectivity index (χ1n) is 8.27. The third kappa shape index (κ3) is 4.29. The molecule has 28 heavy (non-hydrogen) atoms. The maximum atomic E-state index is 4.92.